The van der Waals surface area contributed by atoms with E-state index in [4.69, 9.17) is 11.6 Å². The molecule has 2 atom stereocenters. The van der Waals surface area contributed by atoms with Crippen LogP contribution >= 0.6 is 11.6 Å². The summed E-state index contributed by atoms with van der Waals surface area (Å²) in [5.74, 6) is -0.443. The van der Waals surface area contributed by atoms with Crippen molar-refractivity contribution in [3.8, 4) is 0 Å². The van der Waals surface area contributed by atoms with Gasteiger partial charge in [0.05, 0.1) is 6.26 Å². The van der Waals surface area contributed by atoms with Crippen LogP contribution in [0.1, 0.15) is 29.9 Å². The van der Waals surface area contributed by atoms with Crippen LogP contribution in [-0.2, 0) is 14.8 Å². The highest BCUT2D eigenvalue weighted by Gasteiger charge is 2.36. The molecule has 0 saturated carbocycles. The molecule has 6 nitrogen and oxygen atoms in total. The first-order valence-electron chi connectivity index (χ1n) is 9.91. The van der Waals surface area contributed by atoms with E-state index in [9.17, 15) is 13.2 Å². The van der Waals surface area contributed by atoms with Crippen molar-refractivity contribution in [3.05, 3.63) is 70.9 Å². The molecule has 1 aliphatic rings. The van der Waals surface area contributed by atoms with E-state index in [1.165, 1.54) is 4.31 Å². The van der Waals surface area contributed by atoms with Crippen LogP contribution in [0.5, 0.6) is 0 Å². The van der Waals surface area contributed by atoms with Crippen LogP contribution in [0.15, 0.2) is 54.7 Å². The highest BCUT2D eigenvalue weighted by molar-refractivity contribution is 7.88. The van der Waals surface area contributed by atoms with Gasteiger partial charge in [0.2, 0.25) is 15.9 Å². The first-order chi connectivity index (χ1) is 14.4. The molecule has 0 bridgehead atoms. The lowest BCUT2D eigenvalue weighted by Gasteiger charge is -2.24. The second-order valence-electron chi connectivity index (χ2n) is 7.64. The van der Waals surface area contributed by atoms with Crippen molar-refractivity contribution >= 4 is 38.4 Å². The Bertz CT molecular complexity index is 1180. The Labute approximate surface area is 181 Å². The van der Waals surface area contributed by atoms with Gasteiger partial charge in [-0.3, -0.25) is 4.79 Å². The number of nitrogens with one attached hydrogen (secondary N) is 2. The van der Waals surface area contributed by atoms with Gasteiger partial charge in [0, 0.05) is 41.1 Å². The number of carbonyl (C=O) groups is 1. The number of sulfonamides is 1. The lowest BCUT2D eigenvalue weighted by molar-refractivity contribution is -0.124. The number of para-hydroxylation sites is 1. The predicted octanol–water partition coefficient (Wildman–Crippen LogP) is 3.49. The number of benzene rings is 2. The van der Waals surface area contributed by atoms with E-state index < -0.39 is 16.1 Å². The number of halogens is 1. The molecule has 30 heavy (non-hydrogen) atoms. The minimum absolute atomic E-state index is 0.174. The van der Waals surface area contributed by atoms with Gasteiger partial charge >= 0.3 is 0 Å². The zero-order chi connectivity index (χ0) is 21.3. The van der Waals surface area contributed by atoms with E-state index >= 15 is 0 Å². The number of rotatable bonds is 6. The summed E-state index contributed by atoms with van der Waals surface area (Å²) < 4.78 is 25.3. The van der Waals surface area contributed by atoms with E-state index in [0.717, 1.165) is 28.3 Å². The number of hydrogen-bond donors (Lipinski definition) is 2. The molecule has 0 spiro atoms. The first kappa shape index (κ1) is 20.9. The molecule has 1 amide bonds. The molecular formula is C22H24ClN3O3S. The fraction of sp³-hybridized carbons (Fsp3) is 0.318. The Morgan fingerprint density at radius 2 is 1.93 bits per heavy atom. The summed E-state index contributed by atoms with van der Waals surface area (Å²) in [5, 5.41) is 4.68. The summed E-state index contributed by atoms with van der Waals surface area (Å²) >= 11 is 6.50. The minimum Gasteiger partial charge on any atom is -0.361 e. The van der Waals surface area contributed by atoms with Crippen LogP contribution in [0.3, 0.4) is 0 Å². The maximum Gasteiger partial charge on any atom is 0.238 e. The van der Waals surface area contributed by atoms with Crippen molar-refractivity contribution in [3.63, 3.8) is 0 Å². The molecule has 8 heteroatoms. The monoisotopic (exact) mass is 445 g/mol. The minimum atomic E-state index is -3.42. The van der Waals surface area contributed by atoms with Crippen molar-refractivity contribution in [2.45, 2.75) is 24.8 Å². The lowest BCUT2D eigenvalue weighted by atomic mass is 9.90. The molecule has 0 aliphatic carbocycles. The lowest BCUT2D eigenvalue weighted by Crippen LogP contribution is -2.46. The molecule has 2 unspecified atom stereocenters. The molecule has 1 aromatic heterocycles. The van der Waals surface area contributed by atoms with Gasteiger partial charge in [-0.25, -0.2) is 8.42 Å². The molecule has 3 aromatic rings. The zero-order valence-electron chi connectivity index (χ0n) is 16.6. The molecule has 2 N–H and O–H groups in total. The second kappa shape index (κ2) is 8.41. The third-order valence-corrected chi connectivity index (χ3v) is 7.32. The van der Waals surface area contributed by atoms with Crippen LogP contribution in [0.25, 0.3) is 10.9 Å². The zero-order valence-corrected chi connectivity index (χ0v) is 18.2. The number of aromatic amines is 1. The summed E-state index contributed by atoms with van der Waals surface area (Å²) in [6, 6.07) is 14.9. The maximum atomic E-state index is 12.9. The number of hydrogen-bond acceptors (Lipinski definition) is 3. The molecule has 158 valence electrons. The number of nitrogens with zero attached hydrogens (tertiary/aromatic N) is 1. The number of amides is 1. The van der Waals surface area contributed by atoms with E-state index in [0.29, 0.717) is 31.0 Å². The standard InChI is InChI=1S/C22H24ClN3O3S/c1-30(28,29)26-12-6-11-21(26)22(27)25-14-17(15-7-2-4-9-19(15)23)18-13-24-20-10-5-3-8-16(18)20/h2-5,7-10,13,17,21,24H,6,11-12,14H2,1H3,(H,25,27). The van der Waals surface area contributed by atoms with Crippen LogP contribution < -0.4 is 5.32 Å². The smallest absolute Gasteiger partial charge is 0.238 e. The Kier molecular flexibility index (Phi) is 5.86. The number of fused-ring (bicyclic) bond motifs is 1. The summed E-state index contributed by atoms with van der Waals surface area (Å²) in [5.41, 5.74) is 2.95. The highest BCUT2D eigenvalue weighted by Crippen LogP contribution is 2.34. The quantitative estimate of drug-likeness (QED) is 0.609. The summed E-state index contributed by atoms with van der Waals surface area (Å²) in [6.45, 7) is 0.700. The fourth-order valence-corrected chi connectivity index (χ4v) is 5.64. The molecule has 0 radical (unpaired) electrons. The van der Waals surface area contributed by atoms with Crippen molar-refractivity contribution in [2.24, 2.45) is 0 Å². The van der Waals surface area contributed by atoms with E-state index in [1.807, 2.05) is 54.7 Å². The Balaban J connectivity index is 1.63. The average molecular weight is 446 g/mol. The summed E-state index contributed by atoms with van der Waals surface area (Å²) in [7, 11) is -3.42. The molecule has 1 fully saturated rings. The van der Waals surface area contributed by atoms with Crippen molar-refractivity contribution in [1.29, 1.82) is 0 Å². The fourth-order valence-electron chi connectivity index (χ4n) is 4.25. The Hall–Kier alpha value is -2.35. The largest absolute Gasteiger partial charge is 0.361 e. The van der Waals surface area contributed by atoms with Gasteiger partial charge in [-0.1, -0.05) is 48.0 Å². The van der Waals surface area contributed by atoms with Gasteiger partial charge in [0.15, 0.2) is 0 Å². The van der Waals surface area contributed by atoms with Crippen LogP contribution in [-0.4, -0.2) is 49.0 Å². The van der Waals surface area contributed by atoms with Crippen molar-refractivity contribution in [2.75, 3.05) is 19.3 Å². The Morgan fingerprint density at radius 3 is 2.70 bits per heavy atom. The molecule has 1 aliphatic heterocycles. The number of aromatic nitrogens is 1. The maximum absolute atomic E-state index is 12.9. The van der Waals surface area contributed by atoms with Gasteiger partial charge in [0.25, 0.3) is 0 Å². The SMILES string of the molecule is CS(=O)(=O)N1CCCC1C(=O)NCC(c1ccccc1Cl)c1c[nH]c2ccccc12. The van der Waals surface area contributed by atoms with Gasteiger partial charge in [0.1, 0.15) is 6.04 Å². The van der Waals surface area contributed by atoms with Gasteiger partial charge < -0.3 is 10.3 Å². The van der Waals surface area contributed by atoms with E-state index in [1.54, 1.807) is 0 Å². The summed E-state index contributed by atoms with van der Waals surface area (Å²) in [4.78, 5) is 16.2. The summed E-state index contributed by atoms with van der Waals surface area (Å²) in [6.07, 6.45) is 4.31. The van der Waals surface area contributed by atoms with Gasteiger partial charge in [-0.05, 0) is 36.1 Å². The second-order valence-corrected chi connectivity index (χ2v) is 9.98. The molecule has 1 saturated heterocycles. The normalized spacial score (nSPS) is 18.5. The first-order valence-corrected chi connectivity index (χ1v) is 12.1. The average Bonchev–Trinajstić information content (AvgIpc) is 3.37. The van der Waals surface area contributed by atoms with Crippen molar-refractivity contribution in [1.82, 2.24) is 14.6 Å². The van der Waals surface area contributed by atoms with Gasteiger partial charge in [-0.2, -0.15) is 4.31 Å². The van der Waals surface area contributed by atoms with Crippen molar-refractivity contribution < 1.29 is 13.2 Å². The molecular weight excluding hydrogens is 422 g/mol. The molecule has 2 heterocycles. The highest BCUT2D eigenvalue weighted by atomic mass is 35.5. The molecule has 4 rings (SSSR count). The van der Waals surface area contributed by atoms with Crippen LogP contribution in [0, 0.1) is 0 Å². The topological polar surface area (TPSA) is 82.3 Å². The van der Waals surface area contributed by atoms with Crippen LogP contribution in [0.2, 0.25) is 5.02 Å². The third-order valence-electron chi connectivity index (χ3n) is 5.69. The Morgan fingerprint density at radius 1 is 1.20 bits per heavy atom. The van der Waals surface area contributed by atoms with Gasteiger partial charge in [-0.15, -0.1) is 0 Å². The predicted molar refractivity (Wildman–Crippen MR) is 119 cm³/mol. The van der Waals surface area contributed by atoms with E-state index in [2.05, 4.69) is 10.3 Å². The van der Waals surface area contributed by atoms with Crippen LogP contribution in [0.4, 0.5) is 0 Å². The number of carbonyl (C=O) groups excluding carboxylic acids is 1. The van der Waals surface area contributed by atoms with E-state index in [-0.39, 0.29) is 11.8 Å². The number of H-pyrrole nitrogens is 1. The molecule has 2 aromatic carbocycles. The third kappa shape index (κ3) is 4.10.